The molecule has 2 aromatic heterocycles. The van der Waals surface area contributed by atoms with E-state index < -0.39 is 10.0 Å². The van der Waals surface area contributed by atoms with Gasteiger partial charge < -0.3 is 5.73 Å². The summed E-state index contributed by atoms with van der Waals surface area (Å²) in [6.07, 6.45) is 0. The van der Waals surface area contributed by atoms with E-state index in [1.165, 1.54) is 15.2 Å². The lowest BCUT2D eigenvalue weighted by molar-refractivity contribution is 0.404. The van der Waals surface area contributed by atoms with Crippen LogP contribution in [0.3, 0.4) is 0 Å². The molecule has 4 nitrogen and oxygen atoms in total. The largest absolute Gasteiger partial charge is 0.398 e. The van der Waals surface area contributed by atoms with Gasteiger partial charge >= 0.3 is 0 Å². The second-order valence-electron chi connectivity index (χ2n) is 4.34. The van der Waals surface area contributed by atoms with Gasteiger partial charge in [-0.3, -0.25) is 0 Å². The minimum atomic E-state index is -3.48. The maximum atomic E-state index is 12.5. The zero-order valence-corrected chi connectivity index (χ0v) is 13.4. The topological polar surface area (TPSA) is 63.4 Å². The number of rotatable bonds is 4. The van der Waals surface area contributed by atoms with Crippen LogP contribution in [0.15, 0.2) is 27.8 Å². The Morgan fingerprint density at radius 1 is 1.37 bits per heavy atom. The molecule has 0 bridgehead atoms. The van der Waals surface area contributed by atoms with Crippen molar-refractivity contribution in [2.45, 2.75) is 24.1 Å². The molecule has 0 amide bonds. The number of sulfonamides is 1. The van der Waals surface area contributed by atoms with Crippen LogP contribution in [0.25, 0.3) is 0 Å². The van der Waals surface area contributed by atoms with E-state index in [-0.39, 0.29) is 10.3 Å². The van der Waals surface area contributed by atoms with Gasteiger partial charge in [-0.25, -0.2) is 8.42 Å². The summed E-state index contributed by atoms with van der Waals surface area (Å²) in [5, 5.41) is 1.64. The molecule has 7 heteroatoms. The van der Waals surface area contributed by atoms with Crippen LogP contribution in [-0.4, -0.2) is 19.8 Å². The molecule has 1 unspecified atom stereocenters. The first kappa shape index (κ1) is 14.5. The van der Waals surface area contributed by atoms with Crippen LogP contribution in [-0.2, 0) is 10.0 Å². The van der Waals surface area contributed by atoms with E-state index in [9.17, 15) is 8.42 Å². The first-order valence-electron chi connectivity index (χ1n) is 5.70. The van der Waals surface area contributed by atoms with E-state index in [0.29, 0.717) is 5.69 Å². The first-order valence-corrected chi connectivity index (χ1v) is 8.84. The zero-order chi connectivity index (χ0) is 14.2. The van der Waals surface area contributed by atoms with Crippen LogP contribution in [0, 0.1) is 6.92 Å². The predicted octanol–water partition coefficient (Wildman–Crippen LogP) is 3.08. The second kappa shape index (κ2) is 5.24. The molecule has 2 heterocycles. The lowest BCUT2D eigenvalue weighted by atomic mass is 10.3. The fourth-order valence-corrected chi connectivity index (χ4v) is 5.32. The Bertz CT molecular complexity index is 673. The summed E-state index contributed by atoms with van der Waals surface area (Å²) in [5.41, 5.74) is 6.08. The molecule has 0 aromatic carbocycles. The fourth-order valence-electron chi connectivity index (χ4n) is 1.67. The van der Waals surface area contributed by atoms with Crippen molar-refractivity contribution in [3.05, 3.63) is 33.3 Å². The van der Waals surface area contributed by atoms with E-state index in [0.717, 1.165) is 16.2 Å². The van der Waals surface area contributed by atoms with Crippen molar-refractivity contribution in [2.24, 2.45) is 0 Å². The van der Waals surface area contributed by atoms with Crippen molar-refractivity contribution in [1.82, 2.24) is 4.31 Å². The van der Waals surface area contributed by atoms with E-state index in [2.05, 4.69) is 0 Å². The molecule has 0 aliphatic carbocycles. The SMILES string of the molecule is Cc1ccc(C(C)N(C)S(=O)(=O)c2cc(N)cs2)s1. The molecule has 2 N–H and O–H groups in total. The molecule has 2 rings (SSSR count). The molecular weight excluding hydrogens is 300 g/mol. The first-order chi connectivity index (χ1) is 8.82. The second-order valence-corrected chi connectivity index (χ2v) is 8.80. The highest BCUT2D eigenvalue weighted by molar-refractivity contribution is 7.91. The van der Waals surface area contributed by atoms with Gasteiger partial charge in [-0.15, -0.1) is 22.7 Å². The van der Waals surface area contributed by atoms with Crippen molar-refractivity contribution in [3.8, 4) is 0 Å². The Labute approximate surface area is 121 Å². The molecule has 1 atom stereocenters. The Kier molecular flexibility index (Phi) is 4.00. The number of nitrogens with two attached hydrogens (primary N) is 1. The van der Waals surface area contributed by atoms with Crippen LogP contribution in [0.2, 0.25) is 0 Å². The van der Waals surface area contributed by atoms with Crippen LogP contribution < -0.4 is 5.73 Å². The Hall–Kier alpha value is -0.890. The smallest absolute Gasteiger partial charge is 0.252 e. The summed E-state index contributed by atoms with van der Waals surface area (Å²) < 4.78 is 26.6. The third-order valence-electron chi connectivity index (χ3n) is 2.95. The highest BCUT2D eigenvalue weighted by Gasteiger charge is 2.28. The summed E-state index contributed by atoms with van der Waals surface area (Å²) in [6.45, 7) is 3.90. The van der Waals surface area contributed by atoms with Gasteiger partial charge in [0.1, 0.15) is 4.21 Å². The van der Waals surface area contributed by atoms with Gasteiger partial charge in [0.25, 0.3) is 10.0 Å². The maximum Gasteiger partial charge on any atom is 0.252 e. The third-order valence-corrected chi connectivity index (χ3v) is 7.48. The molecular formula is C12H16N2O2S3. The minimum Gasteiger partial charge on any atom is -0.398 e. The zero-order valence-electron chi connectivity index (χ0n) is 11.0. The fraction of sp³-hybridized carbons (Fsp3) is 0.333. The van der Waals surface area contributed by atoms with Crippen molar-refractivity contribution in [2.75, 3.05) is 12.8 Å². The average molecular weight is 316 g/mol. The number of nitrogen functional groups attached to an aromatic ring is 1. The van der Waals surface area contributed by atoms with Gasteiger partial charge in [0.15, 0.2) is 0 Å². The van der Waals surface area contributed by atoms with Crippen LogP contribution >= 0.6 is 22.7 Å². The standard InChI is InChI=1S/C12H16N2O2S3/c1-8-4-5-11(18-8)9(2)14(3)19(15,16)12-6-10(13)7-17-12/h4-7,9H,13H2,1-3H3. The van der Waals surface area contributed by atoms with Gasteiger partial charge in [0.05, 0.1) is 6.04 Å². The third kappa shape index (κ3) is 2.84. The van der Waals surface area contributed by atoms with E-state index >= 15 is 0 Å². The predicted molar refractivity (Wildman–Crippen MR) is 81.2 cm³/mol. The lowest BCUT2D eigenvalue weighted by Gasteiger charge is -2.22. The van der Waals surface area contributed by atoms with Crippen molar-refractivity contribution in [1.29, 1.82) is 0 Å². The van der Waals surface area contributed by atoms with Gasteiger partial charge in [-0.05, 0) is 32.0 Å². The molecule has 0 spiro atoms. The molecule has 0 saturated heterocycles. The van der Waals surface area contributed by atoms with E-state index in [1.54, 1.807) is 23.8 Å². The van der Waals surface area contributed by atoms with Gasteiger partial charge in [-0.1, -0.05) is 0 Å². The van der Waals surface area contributed by atoms with Crippen molar-refractivity contribution >= 4 is 38.4 Å². The van der Waals surface area contributed by atoms with Crippen LogP contribution in [0.1, 0.15) is 22.7 Å². The molecule has 0 saturated carbocycles. The molecule has 0 radical (unpaired) electrons. The summed E-state index contributed by atoms with van der Waals surface area (Å²) in [5.74, 6) is 0. The summed E-state index contributed by atoms with van der Waals surface area (Å²) >= 11 is 2.76. The van der Waals surface area contributed by atoms with Crippen LogP contribution in [0.5, 0.6) is 0 Å². The Morgan fingerprint density at radius 2 is 2.05 bits per heavy atom. The highest BCUT2D eigenvalue weighted by atomic mass is 32.2. The number of hydrogen-bond donors (Lipinski definition) is 1. The average Bonchev–Trinajstić information content (AvgIpc) is 2.96. The van der Waals surface area contributed by atoms with Gasteiger partial charge in [0, 0.05) is 27.9 Å². The minimum absolute atomic E-state index is 0.188. The molecule has 0 aliphatic rings. The number of nitrogens with zero attached hydrogens (tertiary/aromatic N) is 1. The van der Waals surface area contributed by atoms with Gasteiger partial charge in [0.2, 0.25) is 0 Å². The quantitative estimate of drug-likeness (QED) is 0.943. The highest BCUT2D eigenvalue weighted by Crippen LogP contribution is 2.32. The number of aryl methyl sites for hydroxylation is 1. The normalized spacial score (nSPS) is 13.9. The molecule has 0 aliphatic heterocycles. The van der Waals surface area contributed by atoms with Gasteiger partial charge in [-0.2, -0.15) is 4.31 Å². The molecule has 2 aromatic rings. The molecule has 104 valence electrons. The lowest BCUT2D eigenvalue weighted by Crippen LogP contribution is -2.28. The number of thiophene rings is 2. The van der Waals surface area contributed by atoms with Crippen molar-refractivity contribution in [3.63, 3.8) is 0 Å². The summed E-state index contributed by atoms with van der Waals surface area (Å²) in [6, 6.07) is 5.29. The molecule has 0 fully saturated rings. The molecule has 19 heavy (non-hydrogen) atoms. The van der Waals surface area contributed by atoms with Crippen molar-refractivity contribution < 1.29 is 8.42 Å². The Balaban J connectivity index is 2.30. The van der Waals surface area contributed by atoms with E-state index in [1.807, 2.05) is 26.0 Å². The number of anilines is 1. The monoisotopic (exact) mass is 316 g/mol. The Morgan fingerprint density at radius 3 is 2.53 bits per heavy atom. The maximum absolute atomic E-state index is 12.5. The summed E-state index contributed by atoms with van der Waals surface area (Å²) in [4.78, 5) is 2.21. The number of hydrogen-bond acceptors (Lipinski definition) is 5. The van der Waals surface area contributed by atoms with E-state index in [4.69, 9.17) is 5.73 Å². The van der Waals surface area contributed by atoms with Crippen LogP contribution in [0.4, 0.5) is 5.69 Å². The summed E-state index contributed by atoms with van der Waals surface area (Å²) in [7, 11) is -1.88.